The van der Waals surface area contributed by atoms with Gasteiger partial charge in [-0.1, -0.05) is 20.8 Å². The number of rotatable bonds is 5. The third-order valence-corrected chi connectivity index (χ3v) is 3.60. The maximum Gasteiger partial charge on any atom is 0.0946 e. The van der Waals surface area contributed by atoms with Crippen LogP contribution >= 0.6 is 11.3 Å². The summed E-state index contributed by atoms with van der Waals surface area (Å²) in [4.78, 5) is 4.67. The molecule has 0 saturated heterocycles. The number of nitrogens with zero attached hydrogens (tertiary/aromatic N) is 1. The van der Waals surface area contributed by atoms with E-state index < -0.39 is 0 Å². The predicted octanol–water partition coefficient (Wildman–Crippen LogP) is 2.74. The molecule has 1 unspecified atom stereocenters. The Balaban J connectivity index is 2.66. The Hall–Kier alpha value is -0.450. The minimum atomic E-state index is -0.233. The number of hydrogen-bond acceptors (Lipinski definition) is 4. The summed E-state index contributed by atoms with van der Waals surface area (Å²) in [6.45, 7) is 9.30. The van der Waals surface area contributed by atoms with Crippen LogP contribution in [-0.2, 0) is 16.6 Å². The summed E-state index contributed by atoms with van der Waals surface area (Å²) in [6.07, 6.45) is 1.67. The second-order valence-corrected chi connectivity index (χ2v) is 6.89. The van der Waals surface area contributed by atoms with Crippen molar-refractivity contribution in [2.75, 3.05) is 13.7 Å². The number of thiazole rings is 1. The zero-order valence-electron chi connectivity index (χ0n) is 11.5. The molecule has 0 saturated carbocycles. The molecule has 4 heteroatoms. The molecular formula is C13H24N2OS. The van der Waals surface area contributed by atoms with Gasteiger partial charge in [-0.15, -0.1) is 11.3 Å². The van der Waals surface area contributed by atoms with Crippen molar-refractivity contribution in [2.24, 2.45) is 5.73 Å². The molecule has 98 valence electrons. The monoisotopic (exact) mass is 256 g/mol. The van der Waals surface area contributed by atoms with Crippen molar-refractivity contribution < 1.29 is 4.74 Å². The molecule has 1 aromatic heterocycles. The van der Waals surface area contributed by atoms with Gasteiger partial charge in [-0.25, -0.2) is 4.98 Å². The van der Waals surface area contributed by atoms with Gasteiger partial charge >= 0.3 is 0 Å². The second kappa shape index (κ2) is 5.46. The van der Waals surface area contributed by atoms with Crippen LogP contribution in [0.5, 0.6) is 0 Å². The smallest absolute Gasteiger partial charge is 0.0946 e. The lowest BCUT2D eigenvalue weighted by Gasteiger charge is -2.23. The molecule has 0 amide bonds. The Bertz CT molecular complexity index is 353. The molecule has 0 aromatic carbocycles. The fraction of sp³-hybridized carbons (Fsp3) is 0.769. The van der Waals surface area contributed by atoms with Gasteiger partial charge in [-0.2, -0.15) is 0 Å². The molecule has 0 radical (unpaired) electrons. The van der Waals surface area contributed by atoms with E-state index in [4.69, 9.17) is 10.5 Å². The summed E-state index contributed by atoms with van der Waals surface area (Å²) in [5.41, 5.74) is 7.28. The van der Waals surface area contributed by atoms with Crippen molar-refractivity contribution >= 4 is 11.3 Å². The van der Waals surface area contributed by atoms with Crippen molar-refractivity contribution in [2.45, 2.75) is 51.5 Å². The van der Waals surface area contributed by atoms with E-state index in [0.717, 1.165) is 23.5 Å². The highest BCUT2D eigenvalue weighted by molar-refractivity contribution is 7.09. The normalized spacial score (nSPS) is 15.9. The number of hydrogen-bond donors (Lipinski definition) is 1. The lowest BCUT2D eigenvalue weighted by atomic mass is 9.93. The van der Waals surface area contributed by atoms with Gasteiger partial charge in [-0.05, 0) is 13.3 Å². The van der Waals surface area contributed by atoms with E-state index in [9.17, 15) is 0 Å². The Labute approximate surface area is 108 Å². The molecule has 2 N–H and O–H groups in total. The topological polar surface area (TPSA) is 48.1 Å². The summed E-state index contributed by atoms with van der Waals surface area (Å²) in [6, 6.07) is 0. The lowest BCUT2D eigenvalue weighted by molar-refractivity contribution is 0.171. The minimum absolute atomic E-state index is 0.117. The highest BCUT2D eigenvalue weighted by Crippen LogP contribution is 2.26. The highest BCUT2D eigenvalue weighted by atomic mass is 32.1. The summed E-state index contributed by atoms with van der Waals surface area (Å²) in [5.74, 6) is 0. The van der Waals surface area contributed by atoms with Gasteiger partial charge in [0.25, 0.3) is 0 Å². The first-order valence-corrected chi connectivity index (χ1v) is 6.85. The van der Waals surface area contributed by atoms with Crippen LogP contribution in [0.1, 0.15) is 44.8 Å². The standard InChI is InChI=1S/C13H24N2OS/c1-12(2,3)10-9-17-11(15-10)8-13(4,14)6-7-16-5/h9H,6-8,14H2,1-5H3. The van der Waals surface area contributed by atoms with Crippen molar-refractivity contribution in [1.82, 2.24) is 4.98 Å². The molecule has 1 aromatic rings. The third kappa shape index (κ3) is 4.74. The average Bonchev–Trinajstić information content (AvgIpc) is 2.62. The summed E-state index contributed by atoms with van der Waals surface area (Å²) >= 11 is 1.70. The minimum Gasteiger partial charge on any atom is -0.385 e. The molecule has 0 fully saturated rings. The molecule has 1 heterocycles. The molecule has 0 bridgehead atoms. The molecule has 0 spiro atoms. The molecule has 1 atom stereocenters. The van der Waals surface area contributed by atoms with Gasteiger partial charge in [-0.3, -0.25) is 0 Å². The quantitative estimate of drug-likeness (QED) is 0.881. The summed E-state index contributed by atoms with van der Waals surface area (Å²) in [7, 11) is 1.71. The molecule has 1 rings (SSSR count). The maximum atomic E-state index is 6.24. The molecule has 17 heavy (non-hydrogen) atoms. The number of ether oxygens (including phenoxy) is 1. The van der Waals surface area contributed by atoms with Crippen LogP contribution < -0.4 is 5.73 Å². The predicted molar refractivity (Wildman–Crippen MR) is 73.6 cm³/mol. The van der Waals surface area contributed by atoms with E-state index in [0.29, 0.717) is 6.61 Å². The van der Waals surface area contributed by atoms with Crippen LogP contribution in [0.25, 0.3) is 0 Å². The first-order valence-electron chi connectivity index (χ1n) is 5.97. The Morgan fingerprint density at radius 2 is 2.00 bits per heavy atom. The molecule has 3 nitrogen and oxygen atoms in total. The van der Waals surface area contributed by atoms with Crippen LogP contribution in [0.4, 0.5) is 0 Å². The lowest BCUT2D eigenvalue weighted by Crippen LogP contribution is -2.39. The van der Waals surface area contributed by atoms with E-state index in [1.165, 1.54) is 0 Å². The van der Waals surface area contributed by atoms with Crippen LogP contribution in [0, 0.1) is 0 Å². The fourth-order valence-corrected chi connectivity index (χ4v) is 2.72. The van der Waals surface area contributed by atoms with Gasteiger partial charge in [0.1, 0.15) is 0 Å². The van der Waals surface area contributed by atoms with E-state index in [1.54, 1.807) is 18.4 Å². The van der Waals surface area contributed by atoms with Crippen molar-refractivity contribution in [3.8, 4) is 0 Å². The Morgan fingerprint density at radius 3 is 2.47 bits per heavy atom. The second-order valence-electron chi connectivity index (χ2n) is 5.95. The van der Waals surface area contributed by atoms with E-state index in [-0.39, 0.29) is 11.0 Å². The largest absolute Gasteiger partial charge is 0.385 e. The van der Waals surface area contributed by atoms with Gasteiger partial charge in [0.15, 0.2) is 0 Å². The zero-order chi connectivity index (χ0) is 13.1. The summed E-state index contributed by atoms with van der Waals surface area (Å²) < 4.78 is 5.08. The van der Waals surface area contributed by atoms with E-state index >= 15 is 0 Å². The van der Waals surface area contributed by atoms with Crippen molar-refractivity contribution in [3.05, 3.63) is 16.1 Å². The van der Waals surface area contributed by atoms with Gasteiger partial charge < -0.3 is 10.5 Å². The first kappa shape index (κ1) is 14.6. The van der Waals surface area contributed by atoms with Crippen LogP contribution in [0.2, 0.25) is 0 Å². The van der Waals surface area contributed by atoms with Crippen LogP contribution in [0.3, 0.4) is 0 Å². The molecule has 0 aliphatic carbocycles. The Kier molecular flexibility index (Phi) is 4.69. The zero-order valence-corrected chi connectivity index (χ0v) is 12.4. The van der Waals surface area contributed by atoms with Crippen LogP contribution in [0.15, 0.2) is 5.38 Å². The fourth-order valence-electron chi connectivity index (χ4n) is 1.51. The highest BCUT2D eigenvalue weighted by Gasteiger charge is 2.23. The van der Waals surface area contributed by atoms with Gasteiger partial charge in [0, 0.05) is 36.5 Å². The van der Waals surface area contributed by atoms with E-state index in [1.807, 2.05) is 0 Å². The van der Waals surface area contributed by atoms with Gasteiger partial charge in [0.2, 0.25) is 0 Å². The van der Waals surface area contributed by atoms with Crippen molar-refractivity contribution in [3.63, 3.8) is 0 Å². The van der Waals surface area contributed by atoms with Gasteiger partial charge in [0.05, 0.1) is 10.7 Å². The summed E-state index contributed by atoms with van der Waals surface area (Å²) in [5, 5.41) is 3.26. The Morgan fingerprint density at radius 1 is 1.35 bits per heavy atom. The molecular weight excluding hydrogens is 232 g/mol. The number of aromatic nitrogens is 1. The number of nitrogens with two attached hydrogens (primary N) is 1. The molecule has 0 aliphatic heterocycles. The third-order valence-electron chi connectivity index (χ3n) is 2.75. The number of methoxy groups -OCH3 is 1. The van der Waals surface area contributed by atoms with E-state index in [2.05, 4.69) is 38.1 Å². The molecule has 0 aliphatic rings. The SMILES string of the molecule is COCCC(C)(N)Cc1nc(C(C)(C)C)cs1. The van der Waals surface area contributed by atoms with Crippen molar-refractivity contribution in [1.29, 1.82) is 0 Å². The first-order chi connectivity index (χ1) is 7.74. The van der Waals surface area contributed by atoms with Crippen LogP contribution in [-0.4, -0.2) is 24.2 Å². The maximum absolute atomic E-state index is 6.24. The average molecular weight is 256 g/mol.